The maximum absolute atomic E-state index is 5.46. The molecular weight excluding hydrogens is 414 g/mol. The van der Waals surface area contributed by atoms with Crippen molar-refractivity contribution in [2.45, 2.75) is 13.8 Å². The Bertz CT molecular complexity index is 1600. The normalized spacial score (nSPS) is 14.3. The lowest BCUT2D eigenvalue weighted by Crippen LogP contribution is -2.18. The van der Waals surface area contributed by atoms with Gasteiger partial charge in [0.2, 0.25) is 11.4 Å². The number of aliphatic imine (C=N–C) groups is 1. The lowest BCUT2D eigenvalue weighted by atomic mass is 10.0. The summed E-state index contributed by atoms with van der Waals surface area (Å²) in [5.41, 5.74) is 11.7. The van der Waals surface area contributed by atoms with Gasteiger partial charge in [0, 0.05) is 23.4 Å². The van der Waals surface area contributed by atoms with Crippen LogP contribution in [0.1, 0.15) is 22.3 Å². The summed E-state index contributed by atoms with van der Waals surface area (Å²) in [5, 5.41) is 0. The van der Waals surface area contributed by atoms with Gasteiger partial charge in [-0.05, 0) is 55.3 Å². The van der Waals surface area contributed by atoms with Gasteiger partial charge in [-0.2, -0.15) is 4.58 Å². The first-order chi connectivity index (χ1) is 16.6. The minimum Gasteiger partial charge on any atom is -0.301 e. The third kappa shape index (κ3) is 3.12. The molecule has 0 amide bonds. The smallest absolute Gasteiger partial charge is 0.239 e. The minimum atomic E-state index is 0.963. The van der Waals surface area contributed by atoms with E-state index in [0.29, 0.717) is 0 Å². The van der Waals surface area contributed by atoms with Gasteiger partial charge in [0.15, 0.2) is 5.71 Å². The number of nitrogens with zero attached hydrogens (tertiary/aromatic N) is 3. The van der Waals surface area contributed by atoms with Crippen molar-refractivity contribution < 1.29 is 4.58 Å². The molecule has 0 spiro atoms. The van der Waals surface area contributed by atoms with E-state index in [-0.39, 0.29) is 0 Å². The zero-order valence-electron chi connectivity index (χ0n) is 19.7. The molecule has 3 heterocycles. The minimum absolute atomic E-state index is 0.963. The maximum Gasteiger partial charge on any atom is 0.239 e. The van der Waals surface area contributed by atoms with E-state index in [1.165, 1.54) is 33.5 Å². The van der Waals surface area contributed by atoms with Crippen molar-refractivity contribution in [2.75, 3.05) is 7.05 Å². The van der Waals surface area contributed by atoms with Crippen LogP contribution in [0.2, 0.25) is 0 Å². The van der Waals surface area contributed by atoms with Crippen molar-refractivity contribution in [1.82, 2.24) is 4.40 Å². The molecule has 0 bridgehead atoms. The van der Waals surface area contributed by atoms with Crippen molar-refractivity contribution in [3.05, 3.63) is 126 Å². The standard InChI is InChI=1S/C31H26N3/c1-21-16-18-23(19-17-21)28-22(2)26-14-9-10-20-34(26)31(28)32-29-25-13-7-8-15-27(25)33(3)30(29)24-11-5-4-6-12-24/h4-20H,1-3H3/q+1. The van der Waals surface area contributed by atoms with E-state index >= 15 is 0 Å². The third-order valence-electron chi connectivity index (χ3n) is 6.76. The number of para-hydroxylation sites is 1. The summed E-state index contributed by atoms with van der Waals surface area (Å²) in [5.74, 6) is 0.963. The zero-order chi connectivity index (χ0) is 23.2. The molecule has 5 aromatic rings. The molecule has 0 saturated carbocycles. The first kappa shape index (κ1) is 20.4. The van der Waals surface area contributed by atoms with Crippen LogP contribution in [0.15, 0.2) is 108 Å². The second-order valence-corrected chi connectivity index (χ2v) is 8.90. The molecule has 0 saturated heterocycles. The van der Waals surface area contributed by atoms with Gasteiger partial charge < -0.3 is 4.40 Å². The van der Waals surface area contributed by atoms with Crippen molar-refractivity contribution in [2.24, 2.45) is 4.99 Å². The molecule has 0 atom stereocenters. The molecule has 1 aliphatic rings. The van der Waals surface area contributed by atoms with Gasteiger partial charge in [0.25, 0.3) is 0 Å². The van der Waals surface area contributed by atoms with Crippen molar-refractivity contribution in [3.63, 3.8) is 0 Å². The Kier molecular flexibility index (Phi) is 4.77. The summed E-state index contributed by atoms with van der Waals surface area (Å²) in [6.45, 7) is 4.32. The Labute approximate surface area is 200 Å². The highest BCUT2D eigenvalue weighted by atomic mass is 15.1. The van der Waals surface area contributed by atoms with E-state index in [9.17, 15) is 0 Å². The molecule has 3 aromatic carbocycles. The summed E-state index contributed by atoms with van der Waals surface area (Å²) in [6, 6.07) is 34.2. The van der Waals surface area contributed by atoms with Crippen LogP contribution >= 0.6 is 0 Å². The molecule has 0 radical (unpaired) electrons. The highest BCUT2D eigenvalue weighted by molar-refractivity contribution is 6.54. The molecule has 1 aliphatic heterocycles. The predicted molar refractivity (Wildman–Crippen MR) is 141 cm³/mol. The largest absolute Gasteiger partial charge is 0.301 e. The van der Waals surface area contributed by atoms with Crippen LogP contribution in [0, 0.1) is 13.8 Å². The van der Waals surface area contributed by atoms with Gasteiger partial charge in [-0.1, -0.05) is 66.2 Å². The van der Waals surface area contributed by atoms with Gasteiger partial charge in [-0.3, -0.25) is 0 Å². The number of rotatable bonds is 3. The summed E-state index contributed by atoms with van der Waals surface area (Å²) < 4.78 is 4.48. The van der Waals surface area contributed by atoms with Gasteiger partial charge in [0.1, 0.15) is 12.9 Å². The van der Waals surface area contributed by atoms with Crippen LogP contribution in [0.25, 0.3) is 16.6 Å². The molecule has 3 nitrogen and oxygen atoms in total. The lowest BCUT2D eigenvalue weighted by molar-refractivity contribution is -0.399. The molecule has 2 aromatic heterocycles. The van der Waals surface area contributed by atoms with E-state index in [1.54, 1.807) is 0 Å². The molecule has 0 aliphatic carbocycles. The highest BCUT2D eigenvalue weighted by Gasteiger charge is 2.35. The summed E-state index contributed by atoms with van der Waals surface area (Å²) in [7, 11) is 2.13. The number of aryl methyl sites for hydroxylation is 2. The Hall–Kier alpha value is -4.24. The molecular formula is C31H26N3+. The monoisotopic (exact) mass is 440 g/mol. The van der Waals surface area contributed by atoms with E-state index in [1.807, 2.05) is 0 Å². The summed E-state index contributed by atoms with van der Waals surface area (Å²) in [6.07, 6.45) is 2.12. The van der Waals surface area contributed by atoms with Crippen LogP contribution in [-0.4, -0.2) is 27.4 Å². The topological polar surface area (TPSA) is 19.8 Å². The van der Waals surface area contributed by atoms with E-state index < -0.39 is 0 Å². The second kappa shape index (κ2) is 7.96. The van der Waals surface area contributed by atoms with E-state index in [2.05, 4.69) is 133 Å². The van der Waals surface area contributed by atoms with Crippen LogP contribution in [0.3, 0.4) is 0 Å². The first-order valence-corrected chi connectivity index (χ1v) is 11.6. The fourth-order valence-electron chi connectivity index (χ4n) is 5.04. The van der Waals surface area contributed by atoms with Gasteiger partial charge >= 0.3 is 0 Å². The number of benzene rings is 3. The second-order valence-electron chi connectivity index (χ2n) is 8.90. The van der Waals surface area contributed by atoms with Crippen LogP contribution in [0.4, 0.5) is 11.5 Å². The molecule has 34 heavy (non-hydrogen) atoms. The first-order valence-electron chi connectivity index (χ1n) is 11.6. The summed E-state index contributed by atoms with van der Waals surface area (Å²) in [4.78, 5) is 5.46. The van der Waals surface area contributed by atoms with Crippen LogP contribution < -0.4 is 0 Å². The lowest BCUT2D eigenvalue weighted by Gasteiger charge is -2.06. The van der Waals surface area contributed by atoms with Crippen LogP contribution in [-0.2, 0) is 0 Å². The van der Waals surface area contributed by atoms with Crippen molar-refractivity contribution in [3.8, 4) is 11.1 Å². The number of hydrogen-bond acceptors (Lipinski definition) is 1. The highest BCUT2D eigenvalue weighted by Crippen LogP contribution is 2.40. The third-order valence-corrected chi connectivity index (χ3v) is 6.76. The van der Waals surface area contributed by atoms with Gasteiger partial charge in [-0.15, -0.1) is 0 Å². The Balaban J connectivity index is 1.68. The summed E-state index contributed by atoms with van der Waals surface area (Å²) >= 11 is 0. The Morgan fingerprint density at radius 3 is 2.21 bits per heavy atom. The Morgan fingerprint density at radius 1 is 0.706 bits per heavy atom. The fourth-order valence-corrected chi connectivity index (χ4v) is 5.04. The molecule has 6 rings (SSSR count). The number of pyridine rings is 1. The van der Waals surface area contributed by atoms with Crippen LogP contribution in [0.5, 0.6) is 0 Å². The molecule has 164 valence electrons. The maximum atomic E-state index is 5.46. The average Bonchev–Trinajstić information content (AvgIpc) is 3.32. The van der Waals surface area contributed by atoms with Gasteiger partial charge in [0.05, 0.1) is 11.1 Å². The Morgan fingerprint density at radius 2 is 1.41 bits per heavy atom. The quantitative estimate of drug-likeness (QED) is 0.266. The SMILES string of the molecule is Cc1ccc(-c2c(C)c3ccccn3c2/N=C2/C(c3ccccc3)=[N+](C)c3ccccc32)cc1. The molecule has 0 fully saturated rings. The molecule has 0 unspecified atom stereocenters. The molecule has 0 N–H and O–H groups in total. The number of hydrogen-bond donors (Lipinski definition) is 0. The fraction of sp³-hybridized carbons (Fsp3) is 0.0968. The predicted octanol–water partition coefficient (Wildman–Crippen LogP) is 7.12. The average molecular weight is 441 g/mol. The van der Waals surface area contributed by atoms with E-state index in [4.69, 9.17) is 4.99 Å². The number of fused-ring (bicyclic) bond motifs is 2. The van der Waals surface area contributed by atoms with Gasteiger partial charge in [-0.25, -0.2) is 4.99 Å². The molecule has 3 heteroatoms. The van der Waals surface area contributed by atoms with E-state index in [0.717, 1.165) is 28.4 Å². The number of aromatic nitrogens is 1. The zero-order valence-corrected chi connectivity index (χ0v) is 19.7. The van der Waals surface area contributed by atoms with Crippen molar-refractivity contribution in [1.29, 1.82) is 0 Å². The van der Waals surface area contributed by atoms with Crippen molar-refractivity contribution >= 4 is 28.4 Å².